The number of aliphatic hydroxyl groups excluding tert-OH is 1. The Kier molecular flexibility index (Phi) is 5.76. The van der Waals surface area contributed by atoms with Gasteiger partial charge in [0.2, 0.25) is 0 Å². The number of aliphatic carboxylic acids is 1. The highest BCUT2D eigenvalue weighted by atomic mass is 16.6. The van der Waals surface area contributed by atoms with Crippen LogP contribution in [0.1, 0.15) is 48.0 Å². The van der Waals surface area contributed by atoms with Crippen molar-refractivity contribution < 1.29 is 29.3 Å². The molecule has 1 rings (SSSR count). The monoisotopic (exact) mass is 342 g/mol. The van der Waals surface area contributed by atoms with Crippen molar-refractivity contribution in [1.29, 1.82) is 0 Å². The van der Waals surface area contributed by atoms with E-state index in [9.17, 15) is 24.6 Å². The maximum atomic E-state index is 12.8. The van der Waals surface area contributed by atoms with Gasteiger partial charge in [-0.3, -0.25) is 4.79 Å². The normalized spacial score (nSPS) is 22.5. The Bertz CT molecular complexity index is 556. The lowest BCUT2D eigenvalue weighted by atomic mass is 9.88. The number of aliphatic imine (C=N–C) groups is 1. The van der Waals surface area contributed by atoms with E-state index in [1.54, 1.807) is 41.5 Å². The van der Waals surface area contributed by atoms with Gasteiger partial charge in [-0.05, 0) is 20.8 Å². The van der Waals surface area contributed by atoms with Gasteiger partial charge < -0.3 is 19.8 Å². The van der Waals surface area contributed by atoms with Crippen LogP contribution in [0, 0.1) is 5.41 Å². The standard InChI is InChI=1S/C16H26N2O6/c1-15(2,3)11(17-14(23)24-16(4,5)6)12(20)18-8-9(19)7-10(18)13(21)22/h9-10,19H,7-8H2,1-6H3,(H,21,22)/t9-,10+/m1/s1. The van der Waals surface area contributed by atoms with E-state index in [0.29, 0.717) is 0 Å². The number of hydrogen-bond donors (Lipinski definition) is 2. The number of hydrogen-bond acceptors (Lipinski definition) is 5. The lowest BCUT2D eigenvalue weighted by Crippen LogP contribution is -2.47. The molecular formula is C16H26N2O6. The van der Waals surface area contributed by atoms with Crippen LogP contribution in [0.4, 0.5) is 4.79 Å². The smallest absolute Gasteiger partial charge is 0.434 e. The van der Waals surface area contributed by atoms with Crippen LogP contribution in [0.5, 0.6) is 0 Å². The van der Waals surface area contributed by atoms with Crippen molar-refractivity contribution in [3.8, 4) is 0 Å². The van der Waals surface area contributed by atoms with Crippen LogP contribution in [0.3, 0.4) is 0 Å². The largest absolute Gasteiger partial charge is 0.480 e. The SMILES string of the molecule is CC(C)(C)OC(=O)N=C(C(=O)N1C[C@H](O)C[C@H]1C(=O)O)C(C)(C)C. The molecule has 24 heavy (non-hydrogen) atoms. The van der Waals surface area contributed by atoms with E-state index < -0.39 is 41.1 Å². The predicted octanol–water partition coefficient (Wildman–Crippen LogP) is 1.45. The molecule has 1 heterocycles. The molecule has 0 radical (unpaired) electrons. The second kappa shape index (κ2) is 6.88. The van der Waals surface area contributed by atoms with Gasteiger partial charge in [-0.2, -0.15) is 4.99 Å². The summed E-state index contributed by atoms with van der Waals surface area (Å²) in [5.74, 6) is -1.89. The van der Waals surface area contributed by atoms with Crippen LogP contribution in [0.25, 0.3) is 0 Å². The molecule has 0 aromatic carbocycles. The quantitative estimate of drug-likeness (QED) is 0.734. The number of carbonyl (C=O) groups excluding carboxylic acids is 2. The van der Waals surface area contributed by atoms with Crippen molar-refractivity contribution in [1.82, 2.24) is 4.90 Å². The van der Waals surface area contributed by atoms with Gasteiger partial charge in [0, 0.05) is 18.4 Å². The van der Waals surface area contributed by atoms with Gasteiger partial charge in [0.15, 0.2) is 0 Å². The van der Waals surface area contributed by atoms with Gasteiger partial charge in [-0.1, -0.05) is 20.8 Å². The molecule has 0 bridgehead atoms. The summed E-state index contributed by atoms with van der Waals surface area (Å²) in [4.78, 5) is 40.9. The molecule has 2 amide bonds. The summed E-state index contributed by atoms with van der Waals surface area (Å²) in [6.45, 7) is 9.99. The van der Waals surface area contributed by atoms with Crippen molar-refractivity contribution >= 4 is 23.7 Å². The van der Waals surface area contributed by atoms with Gasteiger partial charge in [0.05, 0.1) is 6.10 Å². The predicted molar refractivity (Wildman–Crippen MR) is 86.9 cm³/mol. The molecule has 1 fully saturated rings. The molecule has 2 atom stereocenters. The van der Waals surface area contributed by atoms with E-state index in [0.717, 1.165) is 4.90 Å². The molecule has 0 aromatic rings. The Balaban J connectivity index is 3.15. The average Bonchev–Trinajstić information content (AvgIpc) is 2.74. The molecule has 0 saturated carbocycles. The number of carboxylic acid groups (broad SMARTS) is 1. The van der Waals surface area contributed by atoms with Gasteiger partial charge in [0.1, 0.15) is 17.4 Å². The minimum absolute atomic E-state index is 0.0507. The number of carbonyl (C=O) groups is 3. The van der Waals surface area contributed by atoms with Gasteiger partial charge in [-0.25, -0.2) is 9.59 Å². The summed E-state index contributed by atoms with van der Waals surface area (Å²) in [7, 11) is 0. The topological polar surface area (TPSA) is 117 Å². The molecule has 0 spiro atoms. The van der Waals surface area contributed by atoms with E-state index >= 15 is 0 Å². The fourth-order valence-corrected chi connectivity index (χ4v) is 2.32. The first-order valence-electron chi connectivity index (χ1n) is 7.76. The lowest BCUT2D eigenvalue weighted by molar-refractivity contribution is -0.146. The Morgan fingerprint density at radius 2 is 1.67 bits per heavy atom. The highest BCUT2D eigenvalue weighted by Crippen LogP contribution is 2.24. The Hall–Kier alpha value is -1.96. The van der Waals surface area contributed by atoms with Crippen LogP contribution in [0.2, 0.25) is 0 Å². The molecule has 1 aliphatic heterocycles. The van der Waals surface area contributed by atoms with Crippen LogP contribution < -0.4 is 0 Å². The van der Waals surface area contributed by atoms with Crippen LogP contribution in [-0.2, 0) is 14.3 Å². The molecule has 8 nitrogen and oxygen atoms in total. The number of carboxylic acids is 1. The number of β-amino-alcohol motifs (C(OH)–C–C–N with tert-alkyl or cyclic N) is 1. The van der Waals surface area contributed by atoms with E-state index in [4.69, 9.17) is 4.74 Å². The van der Waals surface area contributed by atoms with E-state index in [1.807, 2.05) is 0 Å². The summed E-state index contributed by atoms with van der Waals surface area (Å²) in [5.41, 5.74) is -1.66. The third-order valence-corrected chi connectivity index (χ3v) is 3.33. The molecule has 8 heteroatoms. The lowest BCUT2D eigenvalue weighted by Gasteiger charge is -2.27. The van der Waals surface area contributed by atoms with Crippen LogP contribution in [-0.4, -0.2) is 63.1 Å². The third kappa shape index (κ3) is 5.30. The van der Waals surface area contributed by atoms with E-state index in [1.165, 1.54) is 0 Å². The third-order valence-electron chi connectivity index (χ3n) is 3.33. The van der Waals surface area contributed by atoms with Crippen molar-refractivity contribution in [2.24, 2.45) is 10.4 Å². The van der Waals surface area contributed by atoms with Gasteiger partial charge in [0.25, 0.3) is 5.91 Å². The average molecular weight is 342 g/mol. The molecule has 1 aliphatic rings. The highest BCUT2D eigenvalue weighted by molar-refractivity contribution is 6.42. The summed E-state index contributed by atoms with van der Waals surface area (Å²) in [6, 6.07) is -1.14. The van der Waals surface area contributed by atoms with Crippen LogP contribution in [0.15, 0.2) is 4.99 Å². The minimum Gasteiger partial charge on any atom is -0.480 e. The summed E-state index contributed by atoms with van der Waals surface area (Å²) in [6.07, 6.45) is -1.88. The molecule has 136 valence electrons. The maximum absolute atomic E-state index is 12.8. The summed E-state index contributed by atoms with van der Waals surface area (Å²) < 4.78 is 5.11. The summed E-state index contributed by atoms with van der Waals surface area (Å²) in [5, 5.41) is 18.9. The Labute approximate surface area is 141 Å². The van der Waals surface area contributed by atoms with E-state index in [-0.39, 0.29) is 18.7 Å². The number of aliphatic hydroxyl groups is 1. The van der Waals surface area contributed by atoms with Crippen molar-refractivity contribution in [2.75, 3.05) is 6.54 Å². The molecule has 1 saturated heterocycles. The van der Waals surface area contributed by atoms with Gasteiger partial charge >= 0.3 is 12.1 Å². The Morgan fingerprint density at radius 3 is 2.08 bits per heavy atom. The number of rotatable bonds is 2. The fourth-order valence-electron chi connectivity index (χ4n) is 2.32. The number of amides is 2. The first kappa shape index (κ1) is 20.1. The first-order chi connectivity index (χ1) is 10.7. The number of ether oxygens (including phenoxy) is 1. The second-order valence-corrected chi connectivity index (χ2v) is 7.89. The fraction of sp³-hybridized carbons (Fsp3) is 0.750. The minimum atomic E-state index is -1.20. The zero-order valence-corrected chi connectivity index (χ0v) is 15.0. The number of likely N-dealkylation sites (tertiary alicyclic amines) is 1. The van der Waals surface area contributed by atoms with Gasteiger partial charge in [-0.15, -0.1) is 0 Å². The molecular weight excluding hydrogens is 316 g/mol. The second-order valence-electron chi connectivity index (χ2n) is 7.89. The molecule has 0 unspecified atom stereocenters. The van der Waals surface area contributed by atoms with Crippen molar-refractivity contribution in [3.63, 3.8) is 0 Å². The zero-order chi connectivity index (χ0) is 18.9. The van der Waals surface area contributed by atoms with Crippen LogP contribution >= 0.6 is 0 Å². The maximum Gasteiger partial charge on any atom is 0.434 e. The first-order valence-corrected chi connectivity index (χ1v) is 7.76. The van der Waals surface area contributed by atoms with E-state index in [2.05, 4.69) is 4.99 Å². The van der Waals surface area contributed by atoms with Crippen molar-refractivity contribution in [3.05, 3.63) is 0 Å². The van der Waals surface area contributed by atoms with Crippen molar-refractivity contribution in [2.45, 2.75) is 65.7 Å². The molecule has 0 aliphatic carbocycles. The zero-order valence-electron chi connectivity index (χ0n) is 15.0. The number of nitrogens with zero attached hydrogens (tertiary/aromatic N) is 2. The molecule has 0 aromatic heterocycles. The molecule has 2 N–H and O–H groups in total. The highest BCUT2D eigenvalue weighted by Gasteiger charge is 2.42. The Morgan fingerprint density at radius 1 is 1.12 bits per heavy atom. The summed E-state index contributed by atoms with van der Waals surface area (Å²) >= 11 is 0.